The average molecular weight is 255 g/mol. The molecule has 0 bridgehead atoms. The highest BCUT2D eigenvalue weighted by atomic mass is 35.6. The topological polar surface area (TPSA) is 32.6 Å². The van der Waals surface area contributed by atoms with Crippen LogP contribution in [0.3, 0.4) is 0 Å². The van der Waals surface area contributed by atoms with Gasteiger partial charge < -0.3 is 5.21 Å². The zero-order chi connectivity index (χ0) is 11.0. The second-order valence-corrected chi connectivity index (χ2v) is 5.67. The van der Waals surface area contributed by atoms with Crippen molar-refractivity contribution in [2.45, 2.75) is 17.6 Å². The maximum atomic E-state index is 8.57. The molecular weight excluding hydrogens is 244 g/mol. The summed E-state index contributed by atoms with van der Waals surface area (Å²) in [5, 5.41) is 11.6. The van der Waals surface area contributed by atoms with Gasteiger partial charge in [-0.1, -0.05) is 51.6 Å². The molecule has 0 aromatic heterocycles. The summed E-state index contributed by atoms with van der Waals surface area (Å²) in [5.74, 6) is 0. The van der Waals surface area contributed by atoms with Gasteiger partial charge in [0.05, 0.1) is 5.41 Å². The molecule has 1 atom stereocenters. The highest BCUT2D eigenvalue weighted by Gasteiger charge is 2.44. The van der Waals surface area contributed by atoms with Gasteiger partial charge in [0.2, 0.25) is 3.79 Å². The van der Waals surface area contributed by atoms with E-state index in [2.05, 4.69) is 5.16 Å². The van der Waals surface area contributed by atoms with E-state index in [9.17, 15) is 0 Å². The quantitative estimate of drug-likeness (QED) is 0.399. The fraction of sp³-hybridized carbons (Fsp3) is 0.444. The SMILES string of the molecule is CC1=CC(=NO)C=CC1(C)C(Cl)(Cl)Cl. The van der Waals surface area contributed by atoms with Crippen LogP contribution < -0.4 is 0 Å². The van der Waals surface area contributed by atoms with Crippen molar-refractivity contribution in [3.8, 4) is 0 Å². The molecule has 1 unspecified atom stereocenters. The molecule has 0 fully saturated rings. The van der Waals surface area contributed by atoms with Crippen LogP contribution in [-0.4, -0.2) is 14.7 Å². The Kier molecular flexibility index (Phi) is 3.20. The summed E-state index contributed by atoms with van der Waals surface area (Å²) in [4.78, 5) is 0. The average Bonchev–Trinajstić information content (AvgIpc) is 2.08. The summed E-state index contributed by atoms with van der Waals surface area (Å²) in [7, 11) is 0. The number of hydrogen-bond acceptors (Lipinski definition) is 2. The monoisotopic (exact) mass is 253 g/mol. The van der Waals surface area contributed by atoms with E-state index in [4.69, 9.17) is 40.0 Å². The summed E-state index contributed by atoms with van der Waals surface area (Å²) in [6.45, 7) is 3.65. The molecule has 1 aliphatic carbocycles. The summed E-state index contributed by atoms with van der Waals surface area (Å²) in [5.41, 5.74) is 0.633. The summed E-state index contributed by atoms with van der Waals surface area (Å²) < 4.78 is -1.41. The van der Waals surface area contributed by atoms with Gasteiger partial charge in [-0.05, 0) is 26.0 Å². The fourth-order valence-corrected chi connectivity index (χ4v) is 1.82. The first kappa shape index (κ1) is 11.9. The molecule has 0 aromatic rings. The molecule has 0 saturated heterocycles. The molecule has 0 spiro atoms. The van der Waals surface area contributed by atoms with Crippen LogP contribution in [-0.2, 0) is 0 Å². The Hall–Kier alpha value is -0.180. The van der Waals surface area contributed by atoms with E-state index in [1.165, 1.54) is 0 Å². The van der Waals surface area contributed by atoms with Crippen LogP contribution in [0.25, 0.3) is 0 Å². The molecule has 5 heteroatoms. The van der Waals surface area contributed by atoms with Crippen molar-refractivity contribution < 1.29 is 5.21 Å². The zero-order valence-electron chi connectivity index (χ0n) is 7.76. The molecule has 0 saturated carbocycles. The highest BCUT2D eigenvalue weighted by molar-refractivity contribution is 6.68. The number of halogens is 3. The first-order valence-corrected chi connectivity index (χ1v) is 5.11. The summed E-state index contributed by atoms with van der Waals surface area (Å²) in [6, 6.07) is 0. The molecule has 0 aromatic carbocycles. The third kappa shape index (κ3) is 1.92. The van der Waals surface area contributed by atoms with Gasteiger partial charge in [0.1, 0.15) is 5.71 Å². The second-order valence-electron chi connectivity index (χ2n) is 3.39. The van der Waals surface area contributed by atoms with Gasteiger partial charge in [0.15, 0.2) is 0 Å². The van der Waals surface area contributed by atoms with Gasteiger partial charge in [-0.15, -0.1) is 0 Å². The minimum Gasteiger partial charge on any atom is -0.410 e. The lowest BCUT2D eigenvalue weighted by Crippen LogP contribution is -2.33. The van der Waals surface area contributed by atoms with Gasteiger partial charge in [-0.25, -0.2) is 0 Å². The highest BCUT2D eigenvalue weighted by Crippen LogP contribution is 2.51. The van der Waals surface area contributed by atoms with Crippen LogP contribution in [0, 0.1) is 5.41 Å². The van der Waals surface area contributed by atoms with Gasteiger partial charge in [-0.2, -0.15) is 0 Å². The predicted octanol–water partition coefficient (Wildman–Crippen LogP) is 3.71. The minimum absolute atomic E-state index is 0.453. The van der Waals surface area contributed by atoms with Crippen molar-refractivity contribution in [2.75, 3.05) is 0 Å². The molecular formula is C9H10Cl3NO. The van der Waals surface area contributed by atoms with Crippen LogP contribution in [0.1, 0.15) is 13.8 Å². The van der Waals surface area contributed by atoms with Crippen molar-refractivity contribution in [3.05, 3.63) is 23.8 Å². The fourth-order valence-electron chi connectivity index (χ4n) is 1.18. The largest absolute Gasteiger partial charge is 0.410 e. The minimum atomic E-state index is -1.41. The Morgan fingerprint density at radius 2 is 2.00 bits per heavy atom. The molecule has 78 valence electrons. The first-order chi connectivity index (χ1) is 6.31. The number of allylic oxidation sites excluding steroid dienone is 4. The summed E-state index contributed by atoms with van der Waals surface area (Å²) in [6.07, 6.45) is 5.03. The Morgan fingerprint density at radius 3 is 2.36 bits per heavy atom. The number of oxime groups is 1. The van der Waals surface area contributed by atoms with E-state index in [1.807, 2.05) is 13.8 Å². The van der Waals surface area contributed by atoms with Gasteiger partial charge in [0, 0.05) is 0 Å². The van der Waals surface area contributed by atoms with Gasteiger partial charge in [0.25, 0.3) is 0 Å². The third-order valence-electron chi connectivity index (χ3n) is 2.48. The third-order valence-corrected chi connectivity index (χ3v) is 3.65. The standard InChI is InChI=1S/C9H10Cl3NO/c1-6-5-7(13-14)3-4-8(6,2)9(10,11)12/h3-5,14H,1-2H3. The molecule has 0 amide bonds. The number of hydrogen-bond donors (Lipinski definition) is 1. The van der Waals surface area contributed by atoms with E-state index < -0.39 is 9.21 Å². The van der Waals surface area contributed by atoms with Gasteiger partial charge in [-0.3, -0.25) is 0 Å². The van der Waals surface area contributed by atoms with E-state index >= 15 is 0 Å². The predicted molar refractivity (Wildman–Crippen MR) is 60.5 cm³/mol. The molecule has 2 nitrogen and oxygen atoms in total. The van der Waals surface area contributed by atoms with Gasteiger partial charge >= 0.3 is 0 Å². The van der Waals surface area contributed by atoms with E-state index in [0.29, 0.717) is 5.71 Å². The molecule has 0 radical (unpaired) electrons. The smallest absolute Gasteiger partial charge is 0.202 e. The van der Waals surface area contributed by atoms with Crippen LogP contribution >= 0.6 is 34.8 Å². The molecule has 0 heterocycles. The van der Waals surface area contributed by atoms with Crippen molar-refractivity contribution >= 4 is 40.5 Å². The number of alkyl halides is 3. The Labute approximate surface area is 97.8 Å². The van der Waals surface area contributed by atoms with Crippen molar-refractivity contribution in [2.24, 2.45) is 10.6 Å². The van der Waals surface area contributed by atoms with E-state index in [1.54, 1.807) is 18.2 Å². The van der Waals surface area contributed by atoms with E-state index in [-0.39, 0.29) is 0 Å². The molecule has 1 N–H and O–H groups in total. The van der Waals surface area contributed by atoms with Crippen LogP contribution in [0.15, 0.2) is 29.0 Å². The normalized spacial score (nSPS) is 30.6. The van der Waals surface area contributed by atoms with Crippen molar-refractivity contribution in [3.63, 3.8) is 0 Å². The molecule has 1 aliphatic rings. The second kappa shape index (κ2) is 3.76. The van der Waals surface area contributed by atoms with Crippen LogP contribution in [0.2, 0.25) is 0 Å². The molecule has 1 rings (SSSR count). The van der Waals surface area contributed by atoms with E-state index in [0.717, 1.165) is 5.57 Å². The van der Waals surface area contributed by atoms with Crippen molar-refractivity contribution in [1.29, 1.82) is 0 Å². The number of rotatable bonds is 0. The maximum Gasteiger partial charge on any atom is 0.202 e. The lowest BCUT2D eigenvalue weighted by Gasteiger charge is -2.36. The first-order valence-electron chi connectivity index (χ1n) is 3.98. The lowest BCUT2D eigenvalue weighted by atomic mass is 9.80. The Bertz CT molecular complexity index is 327. The zero-order valence-corrected chi connectivity index (χ0v) is 10.0. The Balaban J connectivity index is 3.14. The van der Waals surface area contributed by atoms with Crippen LogP contribution in [0.5, 0.6) is 0 Å². The number of nitrogens with zero attached hydrogens (tertiary/aromatic N) is 1. The lowest BCUT2D eigenvalue weighted by molar-refractivity contribution is 0.319. The molecule has 14 heavy (non-hydrogen) atoms. The summed E-state index contributed by atoms with van der Waals surface area (Å²) >= 11 is 17.6. The van der Waals surface area contributed by atoms with Crippen LogP contribution in [0.4, 0.5) is 0 Å². The van der Waals surface area contributed by atoms with Crippen molar-refractivity contribution in [1.82, 2.24) is 0 Å². The molecule has 0 aliphatic heterocycles. The maximum absolute atomic E-state index is 8.57. The Morgan fingerprint density at radius 1 is 1.43 bits per heavy atom.